The number of carbonyl (C=O) groups is 2. The maximum Gasteiger partial charge on any atom is 0.417 e. The van der Waals surface area contributed by atoms with Crippen LogP contribution in [0.3, 0.4) is 0 Å². The van der Waals surface area contributed by atoms with E-state index in [1.807, 2.05) is 0 Å². The highest BCUT2D eigenvalue weighted by Crippen LogP contribution is 2.40. The van der Waals surface area contributed by atoms with Gasteiger partial charge in [-0.1, -0.05) is 31.4 Å². The first kappa shape index (κ1) is 21.1. The Balaban J connectivity index is 2.41. The monoisotopic (exact) mass is 408 g/mol. The van der Waals surface area contributed by atoms with Crippen molar-refractivity contribution in [3.63, 3.8) is 0 Å². The quantitative estimate of drug-likeness (QED) is 0.425. The van der Waals surface area contributed by atoms with Crippen LogP contribution in [-0.4, -0.2) is 10.2 Å². The lowest BCUT2D eigenvalue weighted by Crippen LogP contribution is -2.07. The molecule has 0 N–H and O–H groups in total. The molecule has 27 heavy (non-hydrogen) atoms. The average Bonchev–Trinajstić information content (AvgIpc) is 2.61. The molecule has 2 rings (SSSR count). The van der Waals surface area contributed by atoms with Crippen molar-refractivity contribution in [2.24, 2.45) is 0 Å². The molecule has 2 aromatic rings. The van der Waals surface area contributed by atoms with Crippen LogP contribution in [0.4, 0.5) is 13.2 Å². The van der Waals surface area contributed by atoms with E-state index in [9.17, 15) is 22.8 Å². The van der Waals surface area contributed by atoms with Crippen LogP contribution in [0.25, 0.3) is 11.1 Å². The van der Waals surface area contributed by atoms with E-state index < -0.39 is 11.7 Å². The Morgan fingerprint density at radius 3 is 2.11 bits per heavy atom. The van der Waals surface area contributed by atoms with Crippen molar-refractivity contribution in [2.75, 3.05) is 0 Å². The first-order valence-electron chi connectivity index (χ1n) is 7.65. The highest BCUT2D eigenvalue weighted by Gasteiger charge is 2.34. The minimum Gasteiger partial charge on any atom is -0.282 e. The molecule has 0 spiro atoms. The second-order valence-corrected chi connectivity index (χ2v) is 7.65. The van der Waals surface area contributed by atoms with E-state index in [4.69, 9.17) is 0 Å². The molecule has 0 bridgehead atoms. The predicted octanol–water partition coefficient (Wildman–Crippen LogP) is 6.37. The van der Waals surface area contributed by atoms with Crippen LogP contribution in [-0.2, 0) is 15.8 Å². The third-order valence-electron chi connectivity index (χ3n) is 3.41. The van der Waals surface area contributed by atoms with Gasteiger partial charge in [0, 0.05) is 9.79 Å². The molecule has 0 radical (unpaired) electrons. The van der Waals surface area contributed by atoms with Crippen molar-refractivity contribution >= 4 is 33.8 Å². The van der Waals surface area contributed by atoms with E-state index in [2.05, 4.69) is 13.2 Å². The van der Waals surface area contributed by atoms with E-state index in [1.165, 1.54) is 37.3 Å². The summed E-state index contributed by atoms with van der Waals surface area (Å²) in [5, 5.41) is -0.633. The zero-order valence-corrected chi connectivity index (χ0v) is 15.9. The number of rotatable bonds is 5. The number of alkyl halides is 3. The minimum absolute atomic E-state index is 0.00113. The van der Waals surface area contributed by atoms with Gasteiger partial charge in [0.15, 0.2) is 0 Å². The number of hydrogen-bond donors (Lipinski definition) is 0. The number of benzene rings is 2. The van der Waals surface area contributed by atoms with Crippen molar-refractivity contribution in [3.05, 3.63) is 72.8 Å². The fourth-order valence-corrected chi connectivity index (χ4v) is 3.42. The molecule has 0 saturated carbocycles. The lowest BCUT2D eigenvalue weighted by molar-refractivity contribution is -0.137. The summed E-state index contributed by atoms with van der Waals surface area (Å²) in [5.74, 6) is 0. The molecule has 0 aliphatic rings. The Morgan fingerprint density at radius 1 is 1.00 bits per heavy atom. The van der Waals surface area contributed by atoms with Crippen LogP contribution in [0.5, 0.6) is 0 Å². The zero-order valence-electron chi connectivity index (χ0n) is 14.3. The molecule has 7 heteroatoms. The van der Waals surface area contributed by atoms with Gasteiger partial charge in [-0.15, -0.1) is 0 Å². The molecule has 0 saturated heterocycles. The van der Waals surface area contributed by atoms with Crippen molar-refractivity contribution in [1.82, 2.24) is 0 Å². The molecule has 0 aliphatic heterocycles. The van der Waals surface area contributed by atoms with E-state index in [0.717, 1.165) is 17.8 Å². The van der Waals surface area contributed by atoms with E-state index in [1.54, 1.807) is 12.1 Å². The van der Waals surface area contributed by atoms with Gasteiger partial charge in [0.2, 0.25) is 10.2 Å². The Hall–Kier alpha value is -2.25. The van der Waals surface area contributed by atoms with Gasteiger partial charge in [0.05, 0.1) is 5.56 Å². The summed E-state index contributed by atoms with van der Waals surface area (Å²) in [6, 6.07) is 9.98. The molecule has 0 fully saturated rings. The van der Waals surface area contributed by atoms with Gasteiger partial charge in [0.25, 0.3) is 0 Å². The Kier molecular flexibility index (Phi) is 6.73. The Labute approximate surface area is 163 Å². The molecule has 0 amide bonds. The molecular formula is C20H15F3O2S2. The number of halogens is 3. The van der Waals surface area contributed by atoms with Gasteiger partial charge in [-0.3, -0.25) is 9.59 Å². The molecule has 0 atom stereocenters. The van der Waals surface area contributed by atoms with Gasteiger partial charge in [-0.2, -0.15) is 13.2 Å². The normalized spacial score (nSPS) is 11.1. The minimum atomic E-state index is -4.58. The third-order valence-corrected chi connectivity index (χ3v) is 5.31. The molecule has 2 aromatic carbocycles. The second-order valence-electron chi connectivity index (χ2n) is 5.52. The SMILES string of the molecule is C=CC(=O)Sc1ccc(-c2ccc(SC(=O)C(=C)C)cc2C(F)(F)F)cc1. The third kappa shape index (κ3) is 5.61. The summed E-state index contributed by atoms with van der Waals surface area (Å²) in [4.78, 5) is 23.9. The van der Waals surface area contributed by atoms with Crippen molar-refractivity contribution in [2.45, 2.75) is 22.9 Å². The first-order valence-corrected chi connectivity index (χ1v) is 9.28. The van der Waals surface area contributed by atoms with E-state index in [-0.39, 0.29) is 26.3 Å². The smallest absolute Gasteiger partial charge is 0.282 e. The summed E-state index contributed by atoms with van der Waals surface area (Å²) in [7, 11) is 0. The summed E-state index contributed by atoms with van der Waals surface area (Å²) in [6.07, 6.45) is -3.41. The van der Waals surface area contributed by atoms with Gasteiger partial charge >= 0.3 is 6.18 Å². The van der Waals surface area contributed by atoms with Crippen LogP contribution in [0.1, 0.15) is 12.5 Å². The average molecular weight is 408 g/mol. The summed E-state index contributed by atoms with van der Waals surface area (Å²) in [6.45, 7) is 8.38. The van der Waals surface area contributed by atoms with Crippen LogP contribution < -0.4 is 0 Å². The fourth-order valence-electron chi connectivity index (χ4n) is 2.13. The number of thioether (sulfide) groups is 2. The summed E-state index contributed by atoms with van der Waals surface area (Å²) < 4.78 is 40.6. The zero-order chi connectivity index (χ0) is 20.2. The van der Waals surface area contributed by atoms with Gasteiger partial charge in [-0.05, 0) is 77.5 Å². The predicted molar refractivity (Wildman–Crippen MR) is 104 cm³/mol. The molecule has 0 aromatic heterocycles. The standard InChI is InChI=1S/C20H15F3O2S2/c1-4-18(24)26-14-7-5-13(6-8-14)16-10-9-15(27-19(25)12(2)3)11-17(16)20(21,22)23/h4-11H,1-2H2,3H3. The van der Waals surface area contributed by atoms with Crippen molar-refractivity contribution in [3.8, 4) is 11.1 Å². The molecule has 140 valence electrons. The van der Waals surface area contributed by atoms with Crippen molar-refractivity contribution in [1.29, 1.82) is 0 Å². The Bertz CT molecular complexity index is 900. The van der Waals surface area contributed by atoms with E-state index in [0.29, 0.717) is 22.2 Å². The van der Waals surface area contributed by atoms with Crippen LogP contribution in [0.15, 0.2) is 77.1 Å². The molecule has 2 nitrogen and oxygen atoms in total. The second kappa shape index (κ2) is 8.63. The topological polar surface area (TPSA) is 34.1 Å². The number of carbonyl (C=O) groups excluding carboxylic acids is 2. The lowest BCUT2D eigenvalue weighted by Gasteiger charge is -2.15. The fraction of sp³-hybridized carbons (Fsp3) is 0.100. The maximum absolute atomic E-state index is 13.5. The molecular weight excluding hydrogens is 393 g/mol. The van der Waals surface area contributed by atoms with Crippen LogP contribution in [0.2, 0.25) is 0 Å². The van der Waals surface area contributed by atoms with Gasteiger partial charge < -0.3 is 0 Å². The summed E-state index contributed by atoms with van der Waals surface area (Å²) in [5.41, 5.74) is -0.203. The molecule has 0 aliphatic carbocycles. The first-order chi connectivity index (χ1) is 12.6. The maximum atomic E-state index is 13.5. The van der Waals surface area contributed by atoms with E-state index >= 15 is 0 Å². The largest absolute Gasteiger partial charge is 0.417 e. The van der Waals surface area contributed by atoms with Crippen molar-refractivity contribution < 1.29 is 22.8 Å². The Morgan fingerprint density at radius 2 is 1.59 bits per heavy atom. The van der Waals surface area contributed by atoms with Crippen LogP contribution in [0, 0.1) is 0 Å². The highest BCUT2D eigenvalue weighted by atomic mass is 32.2. The van der Waals surface area contributed by atoms with Gasteiger partial charge in [-0.25, -0.2) is 0 Å². The summed E-state index contributed by atoms with van der Waals surface area (Å²) >= 11 is 1.65. The number of hydrogen-bond acceptors (Lipinski definition) is 4. The lowest BCUT2D eigenvalue weighted by atomic mass is 9.99. The highest BCUT2D eigenvalue weighted by molar-refractivity contribution is 8.14. The van der Waals surface area contributed by atoms with Crippen LogP contribution >= 0.6 is 23.5 Å². The van der Waals surface area contributed by atoms with Gasteiger partial charge in [0.1, 0.15) is 0 Å². The molecule has 0 heterocycles. The molecule has 0 unspecified atom stereocenters.